The molecule has 0 spiro atoms. The number of hydrogen-bond donors (Lipinski definition) is 2. The van der Waals surface area contributed by atoms with E-state index in [1.54, 1.807) is 12.3 Å². The Labute approximate surface area is 101 Å². The van der Waals surface area contributed by atoms with Crippen molar-refractivity contribution in [2.24, 2.45) is 0 Å². The molecule has 0 bridgehead atoms. The highest BCUT2D eigenvalue weighted by molar-refractivity contribution is 5.98. The number of carbonyl (C=O) groups excluding carboxylic acids is 1. The number of amides is 1. The highest BCUT2D eigenvalue weighted by Crippen LogP contribution is 2.07. The topological polar surface area (TPSA) is 77.2 Å². The molecule has 0 aliphatic carbocycles. The van der Waals surface area contributed by atoms with Gasteiger partial charge in [-0.05, 0) is 18.9 Å². The van der Waals surface area contributed by atoms with Gasteiger partial charge in [0.2, 0.25) is 0 Å². The fourth-order valence-electron chi connectivity index (χ4n) is 1.31. The minimum atomic E-state index is -0.189. The van der Waals surface area contributed by atoms with Crippen molar-refractivity contribution >= 4 is 11.6 Å². The molecule has 17 heavy (non-hydrogen) atoms. The lowest BCUT2D eigenvalue weighted by atomic mass is 10.2. The molecule has 0 fully saturated rings. The van der Waals surface area contributed by atoms with Crippen molar-refractivity contribution in [2.45, 2.75) is 19.8 Å². The van der Waals surface area contributed by atoms with Crippen LogP contribution in [0.15, 0.2) is 18.5 Å². The van der Waals surface area contributed by atoms with Crippen LogP contribution in [0.3, 0.4) is 0 Å². The predicted octanol–water partition coefficient (Wildman–Crippen LogP) is 1.21. The van der Waals surface area contributed by atoms with Gasteiger partial charge in [-0.2, -0.15) is 0 Å². The molecule has 0 atom stereocenters. The first-order valence-electron chi connectivity index (χ1n) is 5.81. The molecule has 0 saturated carbocycles. The Bertz CT molecular complexity index is 355. The second kappa shape index (κ2) is 7.62. The first-order chi connectivity index (χ1) is 8.25. The highest BCUT2D eigenvalue weighted by Gasteiger charge is 2.08. The zero-order valence-electron chi connectivity index (χ0n) is 10.1. The molecule has 1 amide bonds. The average molecular weight is 237 g/mol. The van der Waals surface area contributed by atoms with Gasteiger partial charge in [0.25, 0.3) is 5.91 Å². The van der Waals surface area contributed by atoms with E-state index >= 15 is 0 Å². The summed E-state index contributed by atoms with van der Waals surface area (Å²) in [7, 11) is 0. The van der Waals surface area contributed by atoms with E-state index in [0.29, 0.717) is 24.4 Å². The molecule has 0 saturated heterocycles. The van der Waals surface area contributed by atoms with Gasteiger partial charge in [-0.3, -0.25) is 9.78 Å². The van der Waals surface area contributed by atoms with Crippen LogP contribution in [0.5, 0.6) is 0 Å². The fraction of sp³-hybridized carbons (Fsp3) is 0.500. The van der Waals surface area contributed by atoms with Crippen LogP contribution in [0, 0.1) is 0 Å². The molecule has 5 nitrogen and oxygen atoms in total. The molecule has 0 aliphatic heterocycles. The third kappa shape index (κ3) is 4.82. The number of rotatable bonds is 7. The summed E-state index contributed by atoms with van der Waals surface area (Å²) < 4.78 is 5.31. The zero-order chi connectivity index (χ0) is 12.5. The summed E-state index contributed by atoms with van der Waals surface area (Å²) in [5.41, 5.74) is 6.53. The number of anilines is 1. The number of pyridine rings is 1. The van der Waals surface area contributed by atoms with Gasteiger partial charge in [-0.1, -0.05) is 6.92 Å². The van der Waals surface area contributed by atoms with Gasteiger partial charge in [0.15, 0.2) is 0 Å². The van der Waals surface area contributed by atoms with Gasteiger partial charge < -0.3 is 15.8 Å². The number of carbonyl (C=O) groups is 1. The average Bonchev–Trinajstić information content (AvgIpc) is 2.34. The Kier molecular flexibility index (Phi) is 6.03. The van der Waals surface area contributed by atoms with Gasteiger partial charge in [-0.25, -0.2) is 0 Å². The van der Waals surface area contributed by atoms with Crippen LogP contribution < -0.4 is 11.1 Å². The normalized spacial score (nSPS) is 10.2. The molecule has 0 aliphatic rings. The van der Waals surface area contributed by atoms with Crippen molar-refractivity contribution in [1.29, 1.82) is 0 Å². The van der Waals surface area contributed by atoms with E-state index in [9.17, 15) is 4.79 Å². The Balaban J connectivity index is 2.24. The molecule has 0 aromatic carbocycles. The maximum Gasteiger partial charge on any atom is 0.254 e. The van der Waals surface area contributed by atoms with Crippen LogP contribution in [0.1, 0.15) is 30.1 Å². The van der Waals surface area contributed by atoms with Crippen LogP contribution >= 0.6 is 0 Å². The van der Waals surface area contributed by atoms with E-state index in [4.69, 9.17) is 10.5 Å². The Morgan fingerprint density at radius 2 is 2.35 bits per heavy atom. The van der Waals surface area contributed by atoms with Gasteiger partial charge >= 0.3 is 0 Å². The second-order valence-electron chi connectivity index (χ2n) is 3.68. The summed E-state index contributed by atoms with van der Waals surface area (Å²) in [6, 6.07) is 1.61. The van der Waals surface area contributed by atoms with E-state index in [-0.39, 0.29) is 5.91 Å². The number of aromatic nitrogens is 1. The van der Waals surface area contributed by atoms with Gasteiger partial charge in [0, 0.05) is 37.8 Å². The number of nitrogens with one attached hydrogen (secondary N) is 1. The lowest BCUT2D eigenvalue weighted by molar-refractivity contribution is 0.0942. The van der Waals surface area contributed by atoms with Crippen LogP contribution in [0.4, 0.5) is 5.69 Å². The van der Waals surface area contributed by atoms with E-state index in [2.05, 4.69) is 17.2 Å². The van der Waals surface area contributed by atoms with Crippen LogP contribution in [0.25, 0.3) is 0 Å². The van der Waals surface area contributed by atoms with E-state index in [1.807, 2.05) is 0 Å². The van der Waals surface area contributed by atoms with Crippen molar-refractivity contribution in [1.82, 2.24) is 10.3 Å². The van der Waals surface area contributed by atoms with Crippen molar-refractivity contribution < 1.29 is 9.53 Å². The number of nitrogens with two attached hydrogens (primary N) is 1. The molecule has 1 rings (SSSR count). The maximum atomic E-state index is 11.7. The minimum Gasteiger partial charge on any atom is -0.398 e. The van der Waals surface area contributed by atoms with E-state index < -0.39 is 0 Å². The Morgan fingerprint density at radius 1 is 1.53 bits per heavy atom. The lowest BCUT2D eigenvalue weighted by Crippen LogP contribution is -2.26. The molecule has 0 radical (unpaired) electrons. The highest BCUT2D eigenvalue weighted by atomic mass is 16.5. The fourth-order valence-corrected chi connectivity index (χ4v) is 1.31. The molecular formula is C12H19N3O2. The second-order valence-corrected chi connectivity index (χ2v) is 3.68. The van der Waals surface area contributed by atoms with Gasteiger partial charge in [0.05, 0.1) is 5.56 Å². The zero-order valence-corrected chi connectivity index (χ0v) is 10.1. The molecule has 1 heterocycles. The largest absolute Gasteiger partial charge is 0.398 e. The standard InChI is InChI=1S/C12H19N3O2/c1-2-7-17-8-3-5-15-12(16)10-9-14-6-4-11(10)13/h4,6,9H,2-3,5,7-8H2,1H3,(H2,13,14)(H,15,16). The van der Waals surface area contributed by atoms with E-state index in [0.717, 1.165) is 19.4 Å². The number of nitrogens with zero attached hydrogens (tertiary/aromatic N) is 1. The molecule has 1 aromatic heterocycles. The molecule has 1 aromatic rings. The third-order valence-corrected chi connectivity index (χ3v) is 2.20. The summed E-state index contributed by atoms with van der Waals surface area (Å²) in [6.45, 7) is 4.07. The van der Waals surface area contributed by atoms with Gasteiger partial charge in [-0.15, -0.1) is 0 Å². The molecule has 94 valence electrons. The predicted molar refractivity (Wildman–Crippen MR) is 66.7 cm³/mol. The molecule has 3 N–H and O–H groups in total. The van der Waals surface area contributed by atoms with E-state index in [1.165, 1.54) is 6.20 Å². The monoisotopic (exact) mass is 237 g/mol. The molecule has 5 heteroatoms. The number of hydrogen-bond acceptors (Lipinski definition) is 4. The number of ether oxygens (including phenoxy) is 1. The van der Waals surface area contributed by atoms with Crippen LogP contribution in [-0.4, -0.2) is 30.6 Å². The third-order valence-electron chi connectivity index (χ3n) is 2.20. The Hall–Kier alpha value is -1.62. The Morgan fingerprint density at radius 3 is 3.06 bits per heavy atom. The summed E-state index contributed by atoms with van der Waals surface area (Å²) in [4.78, 5) is 15.6. The molecule has 0 unspecified atom stereocenters. The van der Waals surface area contributed by atoms with Crippen LogP contribution in [0.2, 0.25) is 0 Å². The van der Waals surface area contributed by atoms with Crippen molar-refractivity contribution in [3.05, 3.63) is 24.0 Å². The smallest absolute Gasteiger partial charge is 0.254 e. The van der Waals surface area contributed by atoms with Crippen LogP contribution in [-0.2, 0) is 4.74 Å². The molecular weight excluding hydrogens is 218 g/mol. The SMILES string of the molecule is CCCOCCCNC(=O)c1cnccc1N. The maximum absolute atomic E-state index is 11.7. The van der Waals surface area contributed by atoms with Crippen molar-refractivity contribution in [3.8, 4) is 0 Å². The minimum absolute atomic E-state index is 0.189. The quantitative estimate of drug-likeness (QED) is 0.699. The number of nitrogen functional groups attached to an aromatic ring is 1. The first-order valence-corrected chi connectivity index (χ1v) is 5.81. The summed E-state index contributed by atoms with van der Waals surface area (Å²) in [5.74, 6) is -0.189. The summed E-state index contributed by atoms with van der Waals surface area (Å²) >= 11 is 0. The van der Waals surface area contributed by atoms with Gasteiger partial charge in [0.1, 0.15) is 0 Å². The first kappa shape index (κ1) is 13.4. The summed E-state index contributed by atoms with van der Waals surface area (Å²) in [5, 5.41) is 2.78. The lowest BCUT2D eigenvalue weighted by Gasteiger charge is -2.07. The van der Waals surface area contributed by atoms with Crippen molar-refractivity contribution in [2.75, 3.05) is 25.5 Å². The summed E-state index contributed by atoms with van der Waals surface area (Å²) in [6.07, 6.45) is 4.84. The van der Waals surface area contributed by atoms with Crippen molar-refractivity contribution in [3.63, 3.8) is 0 Å².